The molecule has 73 heavy (non-hydrogen) atoms. The summed E-state index contributed by atoms with van der Waals surface area (Å²) < 4.78 is 107. The van der Waals surface area contributed by atoms with Gasteiger partial charge in [0.05, 0.1) is 6.61 Å². The van der Waals surface area contributed by atoms with Crippen LogP contribution in [0.25, 0.3) is 0 Å². The van der Waals surface area contributed by atoms with Crippen LogP contribution >= 0.6 is 31.3 Å². The van der Waals surface area contributed by atoms with Gasteiger partial charge < -0.3 is 62.7 Å². The molecule has 0 amide bonds. The average molecular weight is 1140 g/mol. The molecule has 24 nitrogen and oxygen atoms in total. The monoisotopic (exact) mass is 1140 g/mol. The van der Waals surface area contributed by atoms with E-state index in [2.05, 4.69) is 18.4 Å². The summed E-state index contributed by atoms with van der Waals surface area (Å²) in [5.74, 6) is -1.35. The highest BCUT2D eigenvalue weighted by Gasteiger charge is 2.61. The Morgan fingerprint density at radius 1 is 0.411 bits per heavy atom. The molecule has 1 fully saturated rings. The first-order chi connectivity index (χ1) is 34.6. The fourth-order valence-corrected chi connectivity index (χ4v) is 10.9. The number of phosphoric acid groups is 4. The topological polar surface area (TPSA) is 346 Å². The van der Waals surface area contributed by atoms with E-state index in [0.717, 1.165) is 72.0 Å². The number of esters is 2. The first-order valence-electron chi connectivity index (χ1n) is 26.0. The summed E-state index contributed by atoms with van der Waals surface area (Å²) in [5, 5.41) is 0. The van der Waals surface area contributed by atoms with Gasteiger partial charge in [-0.05, 0) is 12.8 Å². The highest BCUT2D eigenvalue weighted by Crippen LogP contribution is 2.54. The quantitative estimate of drug-likeness (QED) is 0.0129. The van der Waals surface area contributed by atoms with Gasteiger partial charge in [-0.2, -0.15) is 0 Å². The van der Waals surface area contributed by atoms with Crippen LogP contribution in [-0.2, 0) is 78.9 Å². The van der Waals surface area contributed by atoms with E-state index < -0.39 is 113 Å². The fourth-order valence-electron chi connectivity index (χ4n) is 8.30. The lowest BCUT2D eigenvalue weighted by Crippen LogP contribution is -2.67. The zero-order chi connectivity index (χ0) is 54.6. The summed E-state index contributed by atoms with van der Waals surface area (Å²) in [6.45, 7) is 1.15. The maximum Gasteiger partial charge on any atom is 0.472 e. The van der Waals surface area contributed by atoms with Gasteiger partial charge in [0.25, 0.3) is 0 Å². The van der Waals surface area contributed by atoms with Crippen LogP contribution in [0.3, 0.4) is 0 Å². The van der Waals surface area contributed by atoms with Crippen LogP contribution in [0.4, 0.5) is 0 Å². The Morgan fingerprint density at radius 3 is 1.04 bits per heavy atom. The van der Waals surface area contributed by atoms with Gasteiger partial charge in [0.1, 0.15) is 56.8 Å². The number of unbranched alkanes of at least 4 members (excludes halogenated alkanes) is 24. The summed E-state index contributed by atoms with van der Waals surface area (Å²) in [4.78, 5) is 96.0. The van der Waals surface area contributed by atoms with Crippen LogP contribution in [-0.4, -0.2) is 130 Å². The molecule has 0 aromatic heterocycles. The predicted octanol–water partition coefficient (Wildman–Crippen LogP) is 9.33. The highest BCUT2D eigenvalue weighted by molar-refractivity contribution is 7.47. The maximum absolute atomic E-state index is 13.8. The molecule has 28 heteroatoms. The molecular formula is C45H90O24P4. The molecule has 0 aliphatic heterocycles. The van der Waals surface area contributed by atoms with Crippen molar-refractivity contribution in [3.05, 3.63) is 0 Å². The molecule has 0 aromatic carbocycles. The Labute approximate surface area is 432 Å². The Bertz CT molecular complexity index is 1580. The highest BCUT2D eigenvalue weighted by atomic mass is 31.2. The first kappa shape index (κ1) is 70.2. The van der Waals surface area contributed by atoms with E-state index in [9.17, 15) is 62.1 Å². The van der Waals surface area contributed by atoms with Crippen LogP contribution in [0.5, 0.6) is 0 Å². The summed E-state index contributed by atoms with van der Waals surface area (Å²) in [6.07, 6.45) is 12.5. The molecule has 1 aliphatic carbocycles. The SMILES string of the molecule is CCCCCCCCCCCCCCCC(=O)OC[C@H](COP(=O)(O)OC1[C@H](OCOC)[C@H](OP(=O)(O)O)C(OP(=O)(O)O)[C@H](OP(=O)(O)O)[C@H]1OCOC)OC(=O)CCCCCCCCCCCCCCC. The van der Waals surface area contributed by atoms with Crippen LogP contribution < -0.4 is 0 Å². The second kappa shape index (κ2) is 40.4. The van der Waals surface area contributed by atoms with E-state index in [0.29, 0.717) is 12.8 Å². The molecule has 7 N–H and O–H groups in total. The van der Waals surface area contributed by atoms with Crippen LogP contribution in [0, 0.1) is 0 Å². The average Bonchev–Trinajstić information content (AvgIpc) is 3.30. The summed E-state index contributed by atoms with van der Waals surface area (Å²) >= 11 is 0. The Hall–Kier alpha value is -0.780. The molecule has 0 heterocycles. The lowest BCUT2D eigenvalue weighted by atomic mass is 9.84. The molecule has 0 saturated heterocycles. The van der Waals surface area contributed by atoms with Gasteiger partial charge in [0, 0.05) is 27.1 Å². The first-order valence-corrected chi connectivity index (χ1v) is 32.1. The van der Waals surface area contributed by atoms with E-state index in [1.54, 1.807) is 0 Å². The van der Waals surface area contributed by atoms with Gasteiger partial charge in [-0.15, -0.1) is 0 Å². The molecular weight excluding hydrogens is 1050 g/mol. The number of hydrogen-bond acceptors (Lipinski definition) is 17. The number of rotatable bonds is 48. The Kier molecular flexibility index (Phi) is 38.9. The van der Waals surface area contributed by atoms with Crippen molar-refractivity contribution in [1.29, 1.82) is 0 Å². The summed E-state index contributed by atoms with van der Waals surface area (Å²) in [7, 11) is -20.8. The zero-order valence-electron chi connectivity index (χ0n) is 43.5. The standard InChI is InChI=1S/C45H90O24P4/c1-5-7-9-11-13-15-17-19-21-23-25-27-29-31-38(46)61-33-37(65-39(47)32-30-28-26-24-22-20-18-16-14-12-10-8-6-2)34-64-73(57,58)69-42-40(62-35-59-3)43(66-70(48,49)50)45(68-72(54,55)56)44(67-71(51,52)53)41(42)63-36-60-4/h37,40-45H,5-36H2,1-4H3,(H,57,58)(H2,48,49,50)(H2,51,52,53)(H2,54,55,56)/t37-,40+,41+,42?,43-,44+,45?/m1/s1. The maximum atomic E-state index is 13.8. The molecule has 0 spiro atoms. The second-order valence-electron chi connectivity index (χ2n) is 18.4. The number of carbonyl (C=O) groups is 2. The summed E-state index contributed by atoms with van der Waals surface area (Å²) in [6, 6.07) is 0. The van der Waals surface area contributed by atoms with Crippen molar-refractivity contribution in [2.24, 2.45) is 0 Å². The number of ether oxygens (including phenoxy) is 6. The third-order valence-corrected chi connectivity index (χ3v) is 14.4. The number of methoxy groups -OCH3 is 2. The van der Waals surface area contributed by atoms with Gasteiger partial charge in [0.15, 0.2) is 6.10 Å². The second-order valence-corrected chi connectivity index (χ2v) is 23.4. The molecule has 3 unspecified atom stereocenters. The van der Waals surface area contributed by atoms with Gasteiger partial charge in [-0.25, -0.2) is 18.3 Å². The molecule has 8 atom stereocenters. The smallest absolute Gasteiger partial charge is 0.462 e. The summed E-state index contributed by atoms with van der Waals surface area (Å²) in [5.41, 5.74) is 0. The normalized spacial score (nSPS) is 21.0. The molecule has 0 radical (unpaired) electrons. The molecule has 1 aliphatic rings. The van der Waals surface area contributed by atoms with Crippen molar-refractivity contribution in [3.8, 4) is 0 Å². The van der Waals surface area contributed by atoms with Crippen LogP contribution in [0.1, 0.15) is 194 Å². The van der Waals surface area contributed by atoms with Crippen molar-refractivity contribution in [3.63, 3.8) is 0 Å². The molecule has 1 saturated carbocycles. The van der Waals surface area contributed by atoms with Gasteiger partial charge >= 0.3 is 43.2 Å². The van der Waals surface area contributed by atoms with E-state index in [4.69, 9.17) is 46.5 Å². The molecule has 434 valence electrons. The minimum absolute atomic E-state index is 0.0344. The Morgan fingerprint density at radius 2 is 0.712 bits per heavy atom. The van der Waals surface area contributed by atoms with Crippen molar-refractivity contribution in [2.45, 2.75) is 236 Å². The van der Waals surface area contributed by atoms with Gasteiger partial charge in [0.2, 0.25) is 0 Å². The Balaban J connectivity index is 3.19. The number of phosphoric ester groups is 4. The minimum atomic E-state index is -5.78. The van der Waals surface area contributed by atoms with E-state index in [1.165, 1.54) is 96.3 Å². The number of hydrogen-bond donors (Lipinski definition) is 7. The zero-order valence-corrected chi connectivity index (χ0v) is 47.1. The van der Waals surface area contributed by atoms with Crippen molar-refractivity contribution >= 4 is 43.2 Å². The van der Waals surface area contributed by atoms with Gasteiger partial charge in [-0.1, -0.05) is 168 Å². The number of carbonyl (C=O) groups excluding carboxylic acids is 2. The van der Waals surface area contributed by atoms with E-state index in [1.807, 2.05) is 0 Å². The van der Waals surface area contributed by atoms with Crippen molar-refractivity contribution in [1.82, 2.24) is 0 Å². The lowest BCUT2D eigenvalue weighted by molar-refractivity contribution is -0.258. The van der Waals surface area contributed by atoms with Crippen molar-refractivity contribution in [2.75, 3.05) is 41.0 Å². The lowest BCUT2D eigenvalue weighted by Gasteiger charge is -2.48. The third kappa shape index (κ3) is 36.9. The van der Waals surface area contributed by atoms with E-state index in [-0.39, 0.29) is 12.8 Å². The third-order valence-electron chi connectivity index (χ3n) is 11.9. The predicted molar refractivity (Wildman–Crippen MR) is 266 cm³/mol. The van der Waals surface area contributed by atoms with E-state index >= 15 is 0 Å². The van der Waals surface area contributed by atoms with Crippen LogP contribution in [0.2, 0.25) is 0 Å². The molecule has 0 aromatic rings. The van der Waals surface area contributed by atoms with Gasteiger partial charge in [-0.3, -0.25) is 32.2 Å². The fraction of sp³-hybridized carbons (Fsp3) is 0.956. The largest absolute Gasteiger partial charge is 0.472 e. The molecule has 1 rings (SSSR count). The minimum Gasteiger partial charge on any atom is -0.462 e. The van der Waals surface area contributed by atoms with Crippen molar-refractivity contribution < 1.29 is 113 Å². The van der Waals surface area contributed by atoms with Crippen LogP contribution in [0.15, 0.2) is 0 Å². The molecule has 0 bridgehead atoms.